The van der Waals surface area contributed by atoms with Crippen LogP contribution < -0.4 is 5.32 Å². The molecule has 0 radical (unpaired) electrons. The van der Waals surface area contributed by atoms with Gasteiger partial charge in [0.1, 0.15) is 5.76 Å². The van der Waals surface area contributed by atoms with Crippen molar-refractivity contribution in [1.29, 1.82) is 0 Å². The Balaban J connectivity index is 1.78. The molecule has 19 heavy (non-hydrogen) atoms. The minimum absolute atomic E-state index is 0.148. The van der Waals surface area contributed by atoms with E-state index in [-0.39, 0.29) is 5.91 Å². The molecular formula is C14H16N2O2S. The summed E-state index contributed by atoms with van der Waals surface area (Å²) in [7, 11) is 0. The Labute approximate surface area is 115 Å². The highest BCUT2D eigenvalue weighted by atomic mass is 32.1. The van der Waals surface area contributed by atoms with E-state index in [1.807, 2.05) is 0 Å². The van der Waals surface area contributed by atoms with Crippen LogP contribution in [0.2, 0.25) is 0 Å². The van der Waals surface area contributed by atoms with Crippen molar-refractivity contribution < 1.29 is 9.21 Å². The molecule has 2 heterocycles. The lowest BCUT2D eigenvalue weighted by atomic mass is 9.93. The summed E-state index contributed by atoms with van der Waals surface area (Å²) in [6.45, 7) is 4.04. The smallest absolute Gasteiger partial charge is 0.260 e. The molecule has 0 bridgehead atoms. The van der Waals surface area contributed by atoms with E-state index in [0.717, 1.165) is 18.5 Å². The number of aromatic nitrogens is 1. The fourth-order valence-corrected chi connectivity index (χ4v) is 3.54. The molecule has 1 amide bonds. The van der Waals surface area contributed by atoms with Gasteiger partial charge in [0.05, 0.1) is 17.5 Å². The van der Waals surface area contributed by atoms with E-state index in [9.17, 15) is 4.79 Å². The maximum Gasteiger partial charge on any atom is 0.260 e. The normalized spacial score (nSPS) is 18.1. The molecule has 0 spiro atoms. The van der Waals surface area contributed by atoms with E-state index in [2.05, 4.69) is 17.2 Å². The average Bonchev–Trinajstić information content (AvgIpc) is 2.94. The van der Waals surface area contributed by atoms with Gasteiger partial charge in [-0.25, -0.2) is 4.98 Å². The van der Waals surface area contributed by atoms with Crippen molar-refractivity contribution in [3.8, 4) is 0 Å². The van der Waals surface area contributed by atoms with Crippen molar-refractivity contribution in [2.75, 3.05) is 5.32 Å². The van der Waals surface area contributed by atoms with Crippen LogP contribution in [0.4, 0.5) is 5.13 Å². The zero-order valence-electron chi connectivity index (χ0n) is 11.0. The molecule has 4 nitrogen and oxygen atoms in total. The summed E-state index contributed by atoms with van der Waals surface area (Å²) >= 11 is 1.60. The molecule has 2 aromatic heterocycles. The fourth-order valence-electron chi connectivity index (χ4n) is 2.38. The predicted octanol–water partition coefficient (Wildman–Crippen LogP) is 3.42. The van der Waals surface area contributed by atoms with Crippen LogP contribution in [0, 0.1) is 12.8 Å². The van der Waals surface area contributed by atoms with Gasteiger partial charge in [0.25, 0.3) is 5.91 Å². The molecule has 0 aliphatic heterocycles. The maximum absolute atomic E-state index is 12.1. The first-order valence-electron chi connectivity index (χ1n) is 6.47. The lowest BCUT2D eigenvalue weighted by Crippen LogP contribution is -2.12. The number of thiazole rings is 1. The van der Waals surface area contributed by atoms with E-state index in [1.54, 1.807) is 24.3 Å². The first kappa shape index (κ1) is 12.4. The molecule has 1 aliphatic carbocycles. The second-order valence-electron chi connectivity index (χ2n) is 5.08. The van der Waals surface area contributed by atoms with Crippen molar-refractivity contribution in [1.82, 2.24) is 4.98 Å². The molecule has 1 N–H and O–H groups in total. The number of hydrogen-bond acceptors (Lipinski definition) is 4. The summed E-state index contributed by atoms with van der Waals surface area (Å²) in [5, 5.41) is 3.56. The molecule has 0 fully saturated rings. The van der Waals surface area contributed by atoms with Crippen molar-refractivity contribution in [3.63, 3.8) is 0 Å². The van der Waals surface area contributed by atoms with Crippen LogP contribution in [0.5, 0.6) is 0 Å². The highest BCUT2D eigenvalue weighted by Gasteiger charge is 2.21. The summed E-state index contributed by atoms with van der Waals surface area (Å²) in [5.41, 5.74) is 1.73. The number of carbonyl (C=O) groups is 1. The van der Waals surface area contributed by atoms with Crippen molar-refractivity contribution in [2.24, 2.45) is 5.92 Å². The Kier molecular flexibility index (Phi) is 3.14. The number of furan rings is 1. The Morgan fingerprint density at radius 1 is 1.58 bits per heavy atom. The molecule has 1 aliphatic rings. The molecule has 1 unspecified atom stereocenters. The molecule has 0 saturated heterocycles. The monoisotopic (exact) mass is 276 g/mol. The molecule has 3 rings (SSSR count). The van der Waals surface area contributed by atoms with Gasteiger partial charge >= 0.3 is 0 Å². The fraction of sp³-hybridized carbons (Fsp3) is 0.429. The highest BCUT2D eigenvalue weighted by molar-refractivity contribution is 7.15. The summed E-state index contributed by atoms with van der Waals surface area (Å²) in [6, 6.07) is 1.68. The number of aryl methyl sites for hydroxylation is 2. The standard InChI is InChI=1S/C14H16N2O2S/c1-8-3-4-11-12(7-8)19-14(15-11)16-13(17)10-5-6-18-9(10)2/h5-6,8H,3-4,7H2,1-2H3,(H,15,16,17). The number of anilines is 1. The predicted molar refractivity (Wildman–Crippen MR) is 74.7 cm³/mol. The van der Waals surface area contributed by atoms with Gasteiger partial charge in [-0.3, -0.25) is 10.1 Å². The third-order valence-electron chi connectivity index (χ3n) is 3.51. The Hall–Kier alpha value is -1.62. The van der Waals surface area contributed by atoms with Gasteiger partial charge in [-0.2, -0.15) is 0 Å². The Morgan fingerprint density at radius 2 is 2.42 bits per heavy atom. The summed E-state index contributed by atoms with van der Waals surface area (Å²) in [4.78, 5) is 17.9. The molecule has 0 aromatic carbocycles. The zero-order valence-corrected chi connectivity index (χ0v) is 11.8. The van der Waals surface area contributed by atoms with Gasteiger partial charge < -0.3 is 4.42 Å². The van der Waals surface area contributed by atoms with Crippen LogP contribution in [0.25, 0.3) is 0 Å². The Bertz CT molecular complexity index is 615. The number of hydrogen-bond donors (Lipinski definition) is 1. The van der Waals surface area contributed by atoms with Crippen molar-refractivity contribution in [2.45, 2.75) is 33.1 Å². The highest BCUT2D eigenvalue weighted by Crippen LogP contribution is 2.32. The topological polar surface area (TPSA) is 55.1 Å². The Morgan fingerprint density at radius 3 is 3.16 bits per heavy atom. The number of fused-ring (bicyclic) bond motifs is 1. The molecule has 100 valence electrons. The lowest BCUT2D eigenvalue weighted by molar-refractivity contribution is 0.102. The van der Waals surface area contributed by atoms with E-state index in [1.165, 1.54) is 17.6 Å². The van der Waals surface area contributed by atoms with Gasteiger partial charge in [-0.05, 0) is 38.2 Å². The number of nitrogens with one attached hydrogen (secondary N) is 1. The van der Waals surface area contributed by atoms with Crippen LogP contribution >= 0.6 is 11.3 Å². The second-order valence-corrected chi connectivity index (χ2v) is 6.17. The van der Waals surface area contributed by atoms with Crippen molar-refractivity contribution >= 4 is 22.4 Å². The SMILES string of the molecule is Cc1occc1C(=O)Nc1nc2c(s1)CC(C)CC2. The van der Waals surface area contributed by atoms with Gasteiger partial charge in [-0.1, -0.05) is 6.92 Å². The number of rotatable bonds is 2. The second kappa shape index (κ2) is 4.81. The van der Waals surface area contributed by atoms with E-state index >= 15 is 0 Å². The number of nitrogens with zero attached hydrogens (tertiary/aromatic N) is 1. The molecular weight excluding hydrogens is 260 g/mol. The summed E-state index contributed by atoms with van der Waals surface area (Å²) in [5.74, 6) is 1.20. The minimum atomic E-state index is -0.148. The van der Waals surface area contributed by atoms with Crippen LogP contribution in [0.1, 0.15) is 40.0 Å². The molecule has 2 aromatic rings. The average molecular weight is 276 g/mol. The first-order chi connectivity index (χ1) is 9.13. The maximum atomic E-state index is 12.1. The van der Waals surface area contributed by atoms with Crippen molar-refractivity contribution in [3.05, 3.63) is 34.2 Å². The number of amides is 1. The number of carbonyl (C=O) groups excluding carboxylic acids is 1. The van der Waals surface area contributed by atoms with Crippen LogP contribution in [0.3, 0.4) is 0 Å². The summed E-state index contributed by atoms with van der Waals surface area (Å²) in [6.07, 6.45) is 4.81. The minimum Gasteiger partial charge on any atom is -0.469 e. The van der Waals surface area contributed by atoms with Crippen LogP contribution in [-0.4, -0.2) is 10.9 Å². The largest absolute Gasteiger partial charge is 0.469 e. The molecule has 0 saturated carbocycles. The lowest BCUT2D eigenvalue weighted by Gasteiger charge is -2.15. The van der Waals surface area contributed by atoms with Crippen LogP contribution in [-0.2, 0) is 12.8 Å². The van der Waals surface area contributed by atoms with E-state index in [4.69, 9.17) is 4.42 Å². The van der Waals surface area contributed by atoms with Gasteiger partial charge in [0, 0.05) is 4.88 Å². The zero-order chi connectivity index (χ0) is 13.4. The van der Waals surface area contributed by atoms with E-state index < -0.39 is 0 Å². The molecule has 1 atom stereocenters. The van der Waals surface area contributed by atoms with Gasteiger partial charge in [-0.15, -0.1) is 11.3 Å². The van der Waals surface area contributed by atoms with Gasteiger partial charge in [0.15, 0.2) is 5.13 Å². The van der Waals surface area contributed by atoms with E-state index in [0.29, 0.717) is 22.4 Å². The van der Waals surface area contributed by atoms with Crippen LogP contribution in [0.15, 0.2) is 16.7 Å². The van der Waals surface area contributed by atoms with Gasteiger partial charge in [0.2, 0.25) is 0 Å². The third kappa shape index (κ3) is 2.42. The third-order valence-corrected chi connectivity index (χ3v) is 4.55. The summed E-state index contributed by atoms with van der Waals surface area (Å²) < 4.78 is 5.14. The quantitative estimate of drug-likeness (QED) is 0.914. The molecule has 5 heteroatoms. The first-order valence-corrected chi connectivity index (χ1v) is 7.29.